The Kier molecular flexibility index (Phi) is 6.79. The van der Waals surface area contributed by atoms with Crippen LogP contribution in [0.4, 0.5) is 5.00 Å². The molecule has 0 radical (unpaired) electrons. The first-order chi connectivity index (χ1) is 17.0. The van der Waals surface area contributed by atoms with Crippen molar-refractivity contribution >= 4 is 28.2 Å². The maximum Gasteiger partial charge on any atom is 0.280 e. The number of ether oxygens (including phenoxy) is 1. The third-order valence-corrected chi connectivity index (χ3v) is 7.73. The van der Waals surface area contributed by atoms with E-state index in [9.17, 15) is 14.4 Å². The molecule has 182 valence electrons. The van der Waals surface area contributed by atoms with Crippen molar-refractivity contribution in [2.75, 3.05) is 18.5 Å². The van der Waals surface area contributed by atoms with Crippen LogP contribution in [0.3, 0.4) is 0 Å². The van der Waals surface area contributed by atoms with Crippen LogP contribution in [0.15, 0.2) is 41.3 Å². The van der Waals surface area contributed by atoms with Gasteiger partial charge in [-0.2, -0.15) is 5.10 Å². The van der Waals surface area contributed by atoms with Crippen molar-refractivity contribution < 1.29 is 14.3 Å². The topological polar surface area (TPSA) is 102 Å². The quantitative estimate of drug-likeness (QED) is 0.526. The minimum Gasteiger partial charge on any atom is -0.376 e. The predicted octanol–water partition coefficient (Wildman–Crippen LogP) is 3.51. The number of anilines is 1. The van der Waals surface area contributed by atoms with Gasteiger partial charge in [0.25, 0.3) is 11.8 Å². The Morgan fingerprint density at radius 1 is 1.14 bits per heavy atom. The molecule has 8 nitrogen and oxygen atoms in total. The van der Waals surface area contributed by atoms with Crippen LogP contribution < -0.4 is 16.1 Å². The molecule has 1 saturated heterocycles. The van der Waals surface area contributed by atoms with Gasteiger partial charge in [0, 0.05) is 30.3 Å². The molecule has 0 bridgehead atoms. The number of aromatic nitrogens is 2. The number of nitrogens with zero attached hydrogens (tertiary/aromatic N) is 2. The molecule has 2 amide bonds. The summed E-state index contributed by atoms with van der Waals surface area (Å²) < 4.78 is 7.13. The van der Waals surface area contributed by atoms with Gasteiger partial charge in [-0.3, -0.25) is 14.4 Å². The van der Waals surface area contributed by atoms with Crippen molar-refractivity contribution in [2.45, 2.75) is 51.6 Å². The first-order valence-corrected chi connectivity index (χ1v) is 12.9. The summed E-state index contributed by atoms with van der Waals surface area (Å²) >= 11 is 1.41. The van der Waals surface area contributed by atoms with Crippen molar-refractivity contribution in [3.63, 3.8) is 0 Å². The zero-order valence-corrected chi connectivity index (χ0v) is 20.5. The van der Waals surface area contributed by atoms with E-state index in [0.29, 0.717) is 17.1 Å². The molecule has 1 unspecified atom stereocenters. The summed E-state index contributed by atoms with van der Waals surface area (Å²) in [5.41, 5.74) is 2.73. The van der Waals surface area contributed by atoms with E-state index >= 15 is 0 Å². The van der Waals surface area contributed by atoms with Gasteiger partial charge in [-0.15, -0.1) is 11.3 Å². The molecule has 2 aliphatic rings. The molecule has 9 heteroatoms. The molecule has 2 N–H and O–H groups in total. The number of nitrogens with one attached hydrogen (secondary N) is 2. The summed E-state index contributed by atoms with van der Waals surface area (Å²) in [6.45, 7) is 3.24. The van der Waals surface area contributed by atoms with Gasteiger partial charge in [-0.05, 0) is 61.8 Å². The lowest BCUT2D eigenvalue weighted by molar-refractivity contribution is 0.0858. The molecule has 5 rings (SSSR count). The maximum absolute atomic E-state index is 13.2. The highest BCUT2D eigenvalue weighted by Crippen LogP contribution is 2.39. The first kappa shape index (κ1) is 23.4. The summed E-state index contributed by atoms with van der Waals surface area (Å²) in [7, 11) is 0. The van der Waals surface area contributed by atoms with E-state index < -0.39 is 11.3 Å². The van der Waals surface area contributed by atoms with Gasteiger partial charge in [0.15, 0.2) is 5.69 Å². The highest BCUT2D eigenvalue weighted by Gasteiger charge is 2.29. The summed E-state index contributed by atoms with van der Waals surface area (Å²) in [6.07, 6.45) is 7.09. The Bertz CT molecular complexity index is 1310. The van der Waals surface area contributed by atoms with Crippen molar-refractivity contribution in [1.29, 1.82) is 0 Å². The number of amides is 2. The summed E-state index contributed by atoms with van der Waals surface area (Å²) in [4.78, 5) is 39.9. The highest BCUT2D eigenvalue weighted by molar-refractivity contribution is 7.17. The second-order valence-corrected chi connectivity index (χ2v) is 9.96. The smallest absolute Gasteiger partial charge is 0.280 e. The van der Waals surface area contributed by atoms with Crippen LogP contribution >= 0.6 is 11.3 Å². The molecular weight excluding hydrogens is 464 g/mol. The largest absolute Gasteiger partial charge is 0.376 e. The minimum absolute atomic E-state index is 0.0297. The number of hydrogen-bond acceptors (Lipinski definition) is 6. The van der Waals surface area contributed by atoms with Crippen LogP contribution in [0.5, 0.6) is 0 Å². The Hall–Kier alpha value is -3.30. The molecule has 1 aliphatic carbocycles. The molecule has 1 aliphatic heterocycles. The van der Waals surface area contributed by atoms with Crippen molar-refractivity contribution in [2.24, 2.45) is 0 Å². The molecule has 0 spiro atoms. The standard InChI is InChI=1S/C26H28N4O4S/c1-2-16-8-10-17(11-9-16)30-13-12-20(31)23(29-30)25(33)28-26-22(19-6-3-7-21(19)35-26)24(32)27-15-18-5-4-14-34-18/h8-13,18H,2-7,14-15H2,1H3,(H,27,32)(H,28,33). The van der Waals surface area contributed by atoms with Crippen molar-refractivity contribution in [3.05, 3.63) is 74.0 Å². The average molecular weight is 493 g/mol. The second kappa shape index (κ2) is 10.1. The third-order valence-electron chi connectivity index (χ3n) is 6.52. The maximum atomic E-state index is 13.2. The first-order valence-electron chi connectivity index (χ1n) is 12.1. The number of rotatable bonds is 7. The molecule has 3 heterocycles. The lowest BCUT2D eigenvalue weighted by atomic mass is 10.1. The number of carbonyl (C=O) groups excluding carboxylic acids is 2. The number of fused-ring (bicyclic) bond motifs is 1. The average Bonchev–Trinajstić information content (AvgIpc) is 3.61. The summed E-state index contributed by atoms with van der Waals surface area (Å²) in [6, 6.07) is 9.11. The van der Waals surface area contributed by atoms with E-state index in [-0.39, 0.29) is 17.7 Å². The van der Waals surface area contributed by atoms with Crippen LogP contribution in [-0.2, 0) is 24.0 Å². The number of benzene rings is 1. The fourth-order valence-corrected chi connectivity index (χ4v) is 5.87. The summed E-state index contributed by atoms with van der Waals surface area (Å²) in [5, 5.41) is 10.6. The van der Waals surface area contributed by atoms with Gasteiger partial charge >= 0.3 is 0 Å². The molecule has 1 fully saturated rings. The minimum atomic E-state index is -0.623. The van der Waals surface area contributed by atoms with E-state index in [1.165, 1.54) is 27.6 Å². The Morgan fingerprint density at radius 2 is 1.97 bits per heavy atom. The van der Waals surface area contributed by atoms with Crippen molar-refractivity contribution in [3.8, 4) is 5.69 Å². The molecule has 0 saturated carbocycles. The van der Waals surface area contributed by atoms with Crippen LogP contribution in [0.25, 0.3) is 5.69 Å². The Labute approximate surface area is 207 Å². The lowest BCUT2D eigenvalue weighted by Crippen LogP contribution is -2.33. The second-order valence-electron chi connectivity index (χ2n) is 8.85. The van der Waals surface area contributed by atoms with Gasteiger partial charge in [0.2, 0.25) is 5.43 Å². The molecule has 35 heavy (non-hydrogen) atoms. The molecule has 1 atom stereocenters. The predicted molar refractivity (Wildman–Crippen MR) is 135 cm³/mol. The molecule has 2 aromatic heterocycles. The zero-order chi connectivity index (χ0) is 24.4. The van der Waals surface area contributed by atoms with E-state index in [2.05, 4.69) is 22.7 Å². The number of carbonyl (C=O) groups is 2. The van der Waals surface area contributed by atoms with E-state index in [0.717, 1.165) is 61.3 Å². The Morgan fingerprint density at radius 3 is 2.71 bits per heavy atom. The normalized spacial score (nSPS) is 16.8. The van der Waals surface area contributed by atoms with Gasteiger partial charge < -0.3 is 15.4 Å². The number of aryl methyl sites for hydroxylation is 2. The SMILES string of the molecule is CCc1ccc(-n2ccc(=O)c(C(=O)Nc3sc4c(c3C(=O)NCC3CCCO3)CCC4)n2)cc1. The number of thiophene rings is 1. The van der Waals surface area contributed by atoms with Crippen LogP contribution in [0.2, 0.25) is 0 Å². The lowest BCUT2D eigenvalue weighted by Gasteiger charge is -2.13. The monoisotopic (exact) mass is 492 g/mol. The van der Waals surface area contributed by atoms with Crippen LogP contribution in [0.1, 0.15) is 63.0 Å². The number of hydrogen-bond donors (Lipinski definition) is 2. The highest BCUT2D eigenvalue weighted by atomic mass is 32.1. The molecular formula is C26H28N4O4S. The summed E-state index contributed by atoms with van der Waals surface area (Å²) in [5.74, 6) is -0.840. The van der Waals surface area contributed by atoms with Gasteiger partial charge in [-0.1, -0.05) is 19.1 Å². The third kappa shape index (κ3) is 4.92. The Balaban J connectivity index is 1.39. The fourth-order valence-electron chi connectivity index (χ4n) is 4.59. The van der Waals surface area contributed by atoms with Gasteiger partial charge in [-0.25, -0.2) is 4.68 Å². The fraction of sp³-hybridized carbons (Fsp3) is 0.385. The molecule has 1 aromatic carbocycles. The van der Waals surface area contributed by atoms with Gasteiger partial charge in [0.1, 0.15) is 5.00 Å². The van der Waals surface area contributed by atoms with E-state index in [1.807, 2.05) is 24.3 Å². The van der Waals surface area contributed by atoms with E-state index in [4.69, 9.17) is 4.74 Å². The van der Waals surface area contributed by atoms with Crippen molar-refractivity contribution in [1.82, 2.24) is 15.1 Å². The van der Waals surface area contributed by atoms with Crippen LogP contribution in [0, 0.1) is 0 Å². The molecule has 3 aromatic rings. The van der Waals surface area contributed by atoms with E-state index in [1.54, 1.807) is 6.20 Å². The van der Waals surface area contributed by atoms with Crippen LogP contribution in [-0.4, -0.2) is 40.9 Å². The van der Waals surface area contributed by atoms with Gasteiger partial charge in [0.05, 0.1) is 17.4 Å². The zero-order valence-electron chi connectivity index (χ0n) is 19.6.